The van der Waals surface area contributed by atoms with Gasteiger partial charge in [0.15, 0.2) is 0 Å². The van der Waals surface area contributed by atoms with Crippen LogP contribution in [0.15, 0.2) is 0 Å². The van der Waals surface area contributed by atoms with Crippen LogP contribution in [0.5, 0.6) is 0 Å². The fourth-order valence-corrected chi connectivity index (χ4v) is 8.04. The van der Waals surface area contributed by atoms with Crippen molar-refractivity contribution in [1.29, 1.82) is 0 Å². The summed E-state index contributed by atoms with van der Waals surface area (Å²) in [6.07, 6.45) is 7.87. The second kappa shape index (κ2) is 5.56. The predicted octanol–water partition coefficient (Wildman–Crippen LogP) is 3.89. The van der Waals surface area contributed by atoms with E-state index in [1.807, 2.05) is 0 Å². The summed E-state index contributed by atoms with van der Waals surface area (Å²) in [6.45, 7) is 8.31. The first-order chi connectivity index (χ1) is 12.0. The van der Waals surface area contributed by atoms with E-state index in [9.17, 15) is 14.7 Å². The summed E-state index contributed by atoms with van der Waals surface area (Å²) in [5, 5.41) is 11.3. The van der Waals surface area contributed by atoms with E-state index in [-0.39, 0.29) is 34.7 Å². The molecule has 1 N–H and O–H groups in total. The molecule has 2 bridgehead atoms. The van der Waals surface area contributed by atoms with Gasteiger partial charge in [-0.1, -0.05) is 20.8 Å². The number of ketones is 1. The van der Waals surface area contributed by atoms with Crippen LogP contribution in [0.25, 0.3) is 0 Å². The highest BCUT2D eigenvalue weighted by Gasteiger charge is 2.68. The molecule has 0 amide bonds. The van der Waals surface area contributed by atoms with Crippen molar-refractivity contribution in [3.05, 3.63) is 0 Å². The molecule has 4 rings (SSSR count). The van der Waals surface area contributed by atoms with E-state index in [1.165, 1.54) is 6.92 Å². The average Bonchev–Trinajstić information content (AvgIpc) is 2.76. The summed E-state index contributed by atoms with van der Waals surface area (Å²) >= 11 is 0. The molecule has 0 heterocycles. The quantitative estimate of drug-likeness (QED) is 0.757. The molecular formula is C22H34O4. The number of aliphatic hydroxyl groups is 1. The number of carbonyl (C=O) groups excluding carboxylic acids is 2. The van der Waals surface area contributed by atoms with Crippen LogP contribution in [0.4, 0.5) is 0 Å². The highest BCUT2D eigenvalue weighted by Crippen LogP contribution is 2.72. The number of hydrogen-bond donors (Lipinski definition) is 1. The number of esters is 1. The molecule has 0 aromatic carbocycles. The lowest BCUT2D eigenvalue weighted by Crippen LogP contribution is -2.58. The van der Waals surface area contributed by atoms with E-state index in [4.69, 9.17) is 4.74 Å². The normalized spacial score (nSPS) is 49.3. The minimum Gasteiger partial charge on any atom is -0.463 e. The molecule has 0 aliphatic heterocycles. The molecule has 4 aliphatic rings. The molecule has 6 atom stereocenters. The van der Waals surface area contributed by atoms with Crippen LogP contribution in [0, 0.1) is 34.0 Å². The summed E-state index contributed by atoms with van der Waals surface area (Å²) in [4.78, 5) is 23.9. The smallest absolute Gasteiger partial charge is 0.302 e. The molecule has 4 heteroatoms. The molecule has 4 saturated carbocycles. The van der Waals surface area contributed by atoms with Crippen LogP contribution in [-0.2, 0) is 14.3 Å². The van der Waals surface area contributed by atoms with Crippen LogP contribution in [0.3, 0.4) is 0 Å². The first-order valence-electron chi connectivity index (χ1n) is 10.4. The molecule has 0 saturated heterocycles. The molecule has 4 fully saturated rings. The van der Waals surface area contributed by atoms with Crippen molar-refractivity contribution in [1.82, 2.24) is 0 Å². The van der Waals surface area contributed by atoms with Gasteiger partial charge in [0.05, 0.1) is 0 Å². The van der Waals surface area contributed by atoms with Gasteiger partial charge >= 0.3 is 5.97 Å². The van der Waals surface area contributed by atoms with E-state index in [0.717, 1.165) is 44.9 Å². The van der Waals surface area contributed by atoms with Crippen LogP contribution < -0.4 is 0 Å². The minimum atomic E-state index is -0.858. The van der Waals surface area contributed by atoms with Crippen LogP contribution >= 0.6 is 0 Å². The Kier molecular flexibility index (Phi) is 3.95. The standard InChI is InChI=1S/C22H34O4/c1-14(23)26-13-22(25)12-21-10-7-16-19(2,3)18(24)8-9-20(16,4)17(21)6-5-15(22)11-21/h15-17,25H,5-13H2,1-4H3/t15-,16-,17+,20-,21+,22-/m0/s1. The Morgan fingerprint density at radius 1 is 1.15 bits per heavy atom. The Bertz CT molecular complexity index is 640. The maximum absolute atomic E-state index is 12.6. The Labute approximate surface area is 157 Å². The van der Waals surface area contributed by atoms with Crippen molar-refractivity contribution in [3.63, 3.8) is 0 Å². The number of fused-ring (bicyclic) bond motifs is 3. The molecule has 146 valence electrons. The van der Waals surface area contributed by atoms with Crippen molar-refractivity contribution in [3.8, 4) is 0 Å². The van der Waals surface area contributed by atoms with Gasteiger partial charge in [-0.05, 0) is 73.5 Å². The summed E-state index contributed by atoms with van der Waals surface area (Å²) in [5.74, 6) is 1.39. The zero-order chi connectivity index (χ0) is 19.0. The highest BCUT2D eigenvalue weighted by atomic mass is 16.5. The second-order valence-electron chi connectivity index (χ2n) is 10.7. The van der Waals surface area contributed by atoms with Gasteiger partial charge in [-0.3, -0.25) is 9.59 Å². The lowest BCUT2D eigenvalue weighted by molar-refractivity contribution is -0.165. The Hall–Kier alpha value is -0.900. The van der Waals surface area contributed by atoms with Crippen molar-refractivity contribution >= 4 is 11.8 Å². The molecule has 0 aromatic rings. The van der Waals surface area contributed by atoms with Crippen molar-refractivity contribution in [2.45, 2.75) is 84.7 Å². The van der Waals surface area contributed by atoms with Gasteiger partial charge in [-0.15, -0.1) is 0 Å². The first-order valence-corrected chi connectivity index (χ1v) is 10.4. The SMILES string of the molecule is CC(=O)OC[C@@]1(O)C[C@]23CC[C@H]4C(C)(C)C(=O)CC[C@]4(C)[C@H]2CC[C@H]1C3. The Morgan fingerprint density at radius 2 is 1.88 bits per heavy atom. The zero-order valence-corrected chi connectivity index (χ0v) is 16.8. The molecule has 0 unspecified atom stereocenters. The third-order valence-corrected chi connectivity index (χ3v) is 9.14. The third kappa shape index (κ3) is 2.36. The van der Waals surface area contributed by atoms with E-state index in [2.05, 4.69) is 20.8 Å². The lowest BCUT2D eigenvalue weighted by Gasteiger charge is -2.63. The topological polar surface area (TPSA) is 63.6 Å². The van der Waals surface area contributed by atoms with Gasteiger partial charge in [0, 0.05) is 18.8 Å². The van der Waals surface area contributed by atoms with Gasteiger partial charge in [-0.25, -0.2) is 0 Å². The van der Waals surface area contributed by atoms with Crippen LogP contribution in [-0.4, -0.2) is 29.1 Å². The predicted molar refractivity (Wildman–Crippen MR) is 98.3 cm³/mol. The van der Waals surface area contributed by atoms with Crippen molar-refractivity contribution < 1.29 is 19.4 Å². The van der Waals surface area contributed by atoms with Crippen molar-refractivity contribution in [2.24, 2.45) is 34.0 Å². The molecule has 4 aliphatic carbocycles. The van der Waals surface area contributed by atoms with E-state index in [0.29, 0.717) is 24.0 Å². The van der Waals surface area contributed by atoms with Crippen molar-refractivity contribution in [2.75, 3.05) is 6.61 Å². The molecular weight excluding hydrogens is 328 g/mol. The van der Waals surface area contributed by atoms with Crippen LogP contribution in [0.1, 0.15) is 79.1 Å². The van der Waals surface area contributed by atoms with Gasteiger partial charge in [0.2, 0.25) is 0 Å². The number of carbonyl (C=O) groups is 2. The number of rotatable bonds is 2. The Morgan fingerprint density at radius 3 is 2.58 bits per heavy atom. The third-order valence-electron chi connectivity index (χ3n) is 9.14. The van der Waals surface area contributed by atoms with E-state index < -0.39 is 5.60 Å². The number of Topliss-reactive ketones (excluding diaryl/α,β-unsaturated/α-hetero) is 1. The zero-order valence-electron chi connectivity index (χ0n) is 16.8. The molecule has 0 radical (unpaired) electrons. The fraction of sp³-hybridized carbons (Fsp3) is 0.909. The minimum absolute atomic E-state index is 0.144. The summed E-state index contributed by atoms with van der Waals surface area (Å²) in [5.41, 5.74) is -0.728. The van der Waals surface area contributed by atoms with E-state index >= 15 is 0 Å². The largest absolute Gasteiger partial charge is 0.463 e. The highest BCUT2D eigenvalue weighted by molar-refractivity contribution is 5.85. The summed E-state index contributed by atoms with van der Waals surface area (Å²) in [6, 6.07) is 0. The molecule has 26 heavy (non-hydrogen) atoms. The van der Waals surface area contributed by atoms with Gasteiger partial charge in [0.1, 0.15) is 18.0 Å². The average molecular weight is 363 g/mol. The fourth-order valence-electron chi connectivity index (χ4n) is 8.04. The first kappa shape index (κ1) is 18.5. The lowest BCUT2D eigenvalue weighted by atomic mass is 9.41. The van der Waals surface area contributed by atoms with Gasteiger partial charge in [0.25, 0.3) is 0 Å². The second-order valence-corrected chi connectivity index (χ2v) is 10.7. The van der Waals surface area contributed by atoms with E-state index in [1.54, 1.807) is 0 Å². The summed E-state index contributed by atoms with van der Waals surface area (Å²) < 4.78 is 5.26. The maximum Gasteiger partial charge on any atom is 0.302 e. The Balaban J connectivity index is 1.64. The summed E-state index contributed by atoms with van der Waals surface area (Å²) in [7, 11) is 0. The molecule has 0 aromatic heterocycles. The van der Waals surface area contributed by atoms with Gasteiger partial charge < -0.3 is 9.84 Å². The monoisotopic (exact) mass is 362 g/mol. The maximum atomic E-state index is 12.6. The van der Waals surface area contributed by atoms with Crippen LogP contribution in [0.2, 0.25) is 0 Å². The molecule has 4 nitrogen and oxygen atoms in total. The number of hydrogen-bond acceptors (Lipinski definition) is 4. The number of ether oxygens (including phenoxy) is 1. The molecule has 1 spiro atoms. The van der Waals surface area contributed by atoms with Gasteiger partial charge in [-0.2, -0.15) is 0 Å².